The summed E-state index contributed by atoms with van der Waals surface area (Å²) in [5, 5.41) is 19.0. The van der Waals surface area contributed by atoms with E-state index in [2.05, 4.69) is 30.6 Å². The van der Waals surface area contributed by atoms with E-state index >= 15 is 0 Å². The lowest BCUT2D eigenvalue weighted by molar-refractivity contribution is 0.0562. The zero-order chi connectivity index (χ0) is 28.5. The Bertz CT molecular complexity index is 1880. The van der Waals surface area contributed by atoms with Gasteiger partial charge in [-0.05, 0) is 37.8 Å². The standard InChI is InChI=1S/C26H27N11O3S/c1-35-8-7-20(33-35)19-6-3-14(11-28-19)18-12-30-37-24(27)23(41(2,39)40)22(31-25(18)37)15-9-16-4-5-17(10-15)36(16)26(38)21-13-29-34-32-21/h3,6-8,11-13,15-17H,4-5,9-10,27H2,1-2H3,(H,29,32,34)/t15?,16-,17+. The van der Waals surface area contributed by atoms with Gasteiger partial charge in [0.2, 0.25) is 0 Å². The number of sulfone groups is 1. The fraction of sp³-hybridized carbons (Fsp3) is 0.346. The molecule has 0 aliphatic carbocycles. The normalized spacial score (nSPS) is 20.6. The smallest absolute Gasteiger partial charge is 0.276 e. The molecule has 0 radical (unpaired) electrons. The summed E-state index contributed by atoms with van der Waals surface area (Å²) in [6.45, 7) is 0. The number of aromatic nitrogens is 9. The number of nitrogens with two attached hydrogens (primary N) is 1. The van der Waals surface area contributed by atoms with Crippen LogP contribution in [0.5, 0.6) is 0 Å². The van der Waals surface area contributed by atoms with Gasteiger partial charge < -0.3 is 10.6 Å². The second-order valence-corrected chi connectivity index (χ2v) is 12.7. The van der Waals surface area contributed by atoms with E-state index in [1.54, 1.807) is 17.1 Å². The first-order chi connectivity index (χ1) is 19.7. The minimum Gasteiger partial charge on any atom is -0.382 e. The number of nitrogens with zero attached hydrogens (tertiary/aromatic N) is 9. The number of hydrogen-bond acceptors (Lipinski definition) is 10. The van der Waals surface area contributed by atoms with Crippen molar-refractivity contribution >= 4 is 27.2 Å². The van der Waals surface area contributed by atoms with Gasteiger partial charge in [0.25, 0.3) is 5.91 Å². The van der Waals surface area contributed by atoms with Crippen LogP contribution in [0.25, 0.3) is 28.2 Å². The van der Waals surface area contributed by atoms with Crippen LogP contribution in [-0.4, -0.2) is 82.3 Å². The molecule has 5 aromatic rings. The molecule has 210 valence electrons. The lowest BCUT2D eigenvalue weighted by Crippen LogP contribution is -2.46. The number of piperidine rings is 1. The van der Waals surface area contributed by atoms with E-state index < -0.39 is 9.84 Å². The fourth-order valence-electron chi connectivity index (χ4n) is 6.30. The van der Waals surface area contributed by atoms with Crippen molar-refractivity contribution in [3.63, 3.8) is 0 Å². The molecule has 2 bridgehead atoms. The fourth-order valence-corrected chi connectivity index (χ4v) is 7.36. The summed E-state index contributed by atoms with van der Waals surface area (Å²) >= 11 is 0. The Labute approximate surface area is 234 Å². The molecular formula is C26H27N11O3S. The number of carbonyl (C=O) groups excluding carboxylic acids is 1. The minimum absolute atomic E-state index is 0.0102. The van der Waals surface area contributed by atoms with Gasteiger partial charge in [0, 0.05) is 54.8 Å². The molecule has 2 aliphatic rings. The van der Waals surface area contributed by atoms with Gasteiger partial charge in [-0.25, -0.2) is 13.4 Å². The summed E-state index contributed by atoms with van der Waals surface area (Å²) < 4.78 is 29.2. The van der Waals surface area contributed by atoms with Crippen LogP contribution >= 0.6 is 0 Å². The number of carbonyl (C=O) groups is 1. The zero-order valence-corrected chi connectivity index (χ0v) is 23.2. The summed E-state index contributed by atoms with van der Waals surface area (Å²) in [6.07, 6.45) is 10.5. The molecule has 2 aliphatic heterocycles. The van der Waals surface area contributed by atoms with E-state index in [0.717, 1.165) is 36.0 Å². The van der Waals surface area contributed by atoms with Crippen molar-refractivity contribution < 1.29 is 13.2 Å². The first-order valence-corrected chi connectivity index (χ1v) is 15.1. The van der Waals surface area contributed by atoms with Crippen LogP contribution in [-0.2, 0) is 16.9 Å². The highest BCUT2D eigenvalue weighted by atomic mass is 32.2. The van der Waals surface area contributed by atoms with Crippen molar-refractivity contribution in [1.29, 1.82) is 0 Å². The number of nitrogen functional groups attached to an aromatic ring is 1. The number of pyridine rings is 1. The minimum atomic E-state index is -3.75. The van der Waals surface area contributed by atoms with Crippen LogP contribution < -0.4 is 5.73 Å². The highest BCUT2D eigenvalue weighted by Crippen LogP contribution is 2.45. The lowest BCUT2D eigenvalue weighted by atomic mass is 9.87. The predicted octanol–water partition coefficient (Wildman–Crippen LogP) is 1.85. The molecule has 2 saturated heterocycles. The van der Waals surface area contributed by atoms with Gasteiger partial charge in [0.15, 0.2) is 21.2 Å². The van der Waals surface area contributed by atoms with Crippen molar-refractivity contribution in [2.75, 3.05) is 12.0 Å². The molecular weight excluding hydrogens is 546 g/mol. The molecule has 1 amide bonds. The third-order valence-corrected chi connectivity index (χ3v) is 9.23. The van der Waals surface area contributed by atoms with Crippen LogP contribution in [0.4, 0.5) is 5.82 Å². The van der Waals surface area contributed by atoms with Crippen LogP contribution in [0, 0.1) is 0 Å². The number of nitrogens with one attached hydrogen (secondary N) is 1. The Morgan fingerprint density at radius 2 is 1.85 bits per heavy atom. The zero-order valence-electron chi connectivity index (χ0n) is 22.3. The van der Waals surface area contributed by atoms with E-state index in [1.807, 2.05) is 36.3 Å². The summed E-state index contributed by atoms with van der Waals surface area (Å²) in [6, 6.07) is 5.53. The maximum Gasteiger partial charge on any atom is 0.276 e. The third-order valence-electron chi connectivity index (χ3n) is 8.07. The molecule has 41 heavy (non-hydrogen) atoms. The molecule has 3 N–H and O–H groups in total. The average Bonchev–Trinajstić information content (AvgIpc) is 3.74. The molecule has 7 heterocycles. The van der Waals surface area contributed by atoms with Crippen LogP contribution in [0.3, 0.4) is 0 Å². The quantitative estimate of drug-likeness (QED) is 0.315. The number of hydrogen-bond donors (Lipinski definition) is 2. The molecule has 14 nitrogen and oxygen atoms in total. The molecule has 0 saturated carbocycles. The van der Waals surface area contributed by atoms with Gasteiger partial charge in [-0.3, -0.25) is 14.5 Å². The molecule has 0 spiro atoms. The SMILES string of the molecule is Cn1ccc(-c2ccc(-c3cnn4c(N)c(S(C)(=O)=O)c(C5C[C@H]6CC[C@@H](C5)N6C(=O)c5cn[nH]n5)nc34)cn2)n1. The topological polar surface area (TPSA) is 183 Å². The Kier molecular flexibility index (Phi) is 5.67. The number of H-pyrrole nitrogens is 1. The van der Waals surface area contributed by atoms with Gasteiger partial charge in [-0.2, -0.15) is 30.1 Å². The van der Waals surface area contributed by atoms with Crippen LogP contribution in [0.15, 0.2) is 47.9 Å². The highest BCUT2D eigenvalue weighted by Gasteiger charge is 2.46. The average molecular weight is 574 g/mol. The lowest BCUT2D eigenvalue weighted by Gasteiger charge is -2.38. The Morgan fingerprint density at radius 3 is 2.46 bits per heavy atom. The maximum absolute atomic E-state index is 13.2. The molecule has 5 aromatic heterocycles. The molecule has 7 rings (SSSR count). The summed E-state index contributed by atoms with van der Waals surface area (Å²) in [4.78, 5) is 24.5. The first-order valence-electron chi connectivity index (χ1n) is 13.2. The maximum atomic E-state index is 13.2. The van der Waals surface area contributed by atoms with E-state index in [4.69, 9.17) is 10.7 Å². The molecule has 0 aromatic carbocycles. The highest BCUT2D eigenvalue weighted by molar-refractivity contribution is 7.91. The number of anilines is 1. The predicted molar refractivity (Wildman–Crippen MR) is 147 cm³/mol. The summed E-state index contributed by atoms with van der Waals surface area (Å²) in [5.74, 6) is -0.362. The van der Waals surface area contributed by atoms with Crippen LogP contribution in [0.1, 0.15) is 47.8 Å². The van der Waals surface area contributed by atoms with Crippen molar-refractivity contribution in [2.24, 2.45) is 7.05 Å². The van der Waals surface area contributed by atoms with Gasteiger partial charge in [-0.15, -0.1) is 0 Å². The second kappa shape index (κ2) is 9.19. The molecule has 15 heteroatoms. The van der Waals surface area contributed by atoms with Gasteiger partial charge in [0.05, 0.1) is 23.8 Å². The Hall–Kier alpha value is -4.66. The van der Waals surface area contributed by atoms with Gasteiger partial charge in [0.1, 0.15) is 16.4 Å². The molecule has 3 atom stereocenters. The number of rotatable bonds is 5. The van der Waals surface area contributed by atoms with E-state index in [-0.39, 0.29) is 40.3 Å². The van der Waals surface area contributed by atoms with Crippen molar-refractivity contribution in [1.82, 2.24) is 49.7 Å². The van der Waals surface area contributed by atoms with Crippen molar-refractivity contribution in [2.45, 2.75) is 48.6 Å². The third kappa shape index (κ3) is 4.15. The molecule has 2 fully saturated rings. The van der Waals surface area contributed by atoms with Gasteiger partial charge in [-0.1, -0.05) is 6.07 Å². The van der Waals surface area contributed by atoms with E-state index in [9.17, 15) is 13.2 Å². The first kappa shape index (κ1) is 25.3. The Morgan fingerprint density at radius 1 is 1.07 bits per heavy atom. The largest absolute Gasteiger partial charge is 0.382 e. The summed E-state index contributed by atoms with van der Waals surface area (Å²) in [5.41, 5.74) is 10.6. The summed E-state index contributed by atoms with van der Waals surface area (Å²) in [7, 11) is -1.90. The van der Waals surface area contributed by atoms with Crippen LogP contribution in [0.2, 0.25) is 0 Å². The Balaban J connectivity index is 1.28. The number of amides is 1. The van der Waals surface area contributed by atoms with E-state index in [1.165, 1.54) is 10.7 Å². The van der Waals surface area contributed by atoms with Gasteiger partial charge >= 0.3 is 0 Å². The monoisotopic (exact) mass is 573 g/mol. The van der Waals surface area contributed by atoms with E-state index in [0.29, 0.717) is 29.7 Å². The number of aryl methyl sites for hydroxylation is 1. The number of fused-ring (bicyclic) bond motifs is 3. The van der Waals surface area contributed by atoms with Crippen molar-refractivity contribution in [3.8, 4) is 22.5 Å². The van der Waals surface area contributed by atoms with Crippen molar-refractivity contribution in [3.05, 3.63) is 54.4 Å². The second-order valence-electron chi connectivity index (χ2n) is 10.7. The number of aromatic amines is 1. The molecule has 1 unspecified atom stereocenters.